The van der Waals surface area contributed by atoms with E-state index in [4.69, 9.17) is 26.3 Å². The van der Waals surface area contributed by atoms with E-state index in [1.807, 2.05) is 54.1 Å². The largest absolute Gasteiger partial charge is 0.492 e. The van der Waals surface area contributed by atoms with Crippen molar-refractivity contribution in [3.63, 3.8) is 0 Å². The molecule has 0 aliphatic heterocycles. The Hall–Kier alpha value is -2.73. The van der Waals surface area contributed by atoms with Crippen LogP contribution in [0.5, 0.6) is 5.75 Å². The minimum atomic E-state index is 0.423. The lowest BCUT2D eigenvalue weighted by Gasteiger charge is -2.22. The fourth-order valence-corrected chi connectivity index (χ4v) is 4.23. The summed E-state index contributed by atoms with van der Waals surface area (Å²) in [7, 11) is 1.98. The highest BCUT2D eigenvalue weighted by atomic mass is 35.5. The number of nitrogens with zero attached hydrogens (tertiary/aromatic N) is 5. The molecule has 0 amide bonds. The lowest BCUT2D eigenvalue weighted by Crippen LogP contribution is -2.27. The van der Waals surface area contributed by atoms with Gasteiger partial charge in [0.2, 0.25) is 0 Å². The predicted octanol–water partition coefficient (Wildman–Crippen LogP) is 5.52. The van der Waals surface area contributed by atoms with Gasteiger partial charge in [-0.25, -0.2) is 4.57 Å². The Morgan fingerprint density at radius 1 is 1.12 bits per heavy atom. The molecule has 0 bridgehead atoms. The number of benzene rings is 2. The van der Waals surface area contributed by atoms with Crippen molar-refractivity contribution in [1.82, 2.24) is 0 Å². The number of fused-ring (bicyclic) bond motifs is 1. The van der Waals surface area contributed by atoms with Gasteiger partial charge in [-0.05, 0) is 59.8 Å². The van der Waals surface area contributed by atoms with E-state index >= 15 is 0 Å². The lowest BCUT2D eigenvalue weighted by atomic mass is 10.2. The van der Waals surface area contributed by atoms with Gasteiger partial charge in [-0.15, -0.1) is 11.6 Å². The van der Waals surface area contributed by atoms with Crippen LogP contribution in [0.3, 0.4) is 0 Å². The summed E-state index contributed by atoms with van der Waals surface area (Å²) in [4.78, 5) is 2.23. The van der Waals surface area contributed by atoms with Gasteiger partial charge in [-0.3, -0.25) is 0 Å². The van der Waals surface area contributed by atoms with Crippen LogP contribution in [-0.2, 0) is 11.8 Å². The minimum absolute atomic E-state index is 0.423. The second kappa shape index (κ2) is 12.3. The third-order valence-corrected chi connectivity index (χ3v) is 6.08. The van der Waals surface area contributed by atoms with Gasteiger partial charge in [-0.2, -0.15) is 5.26 Å². The number of azo groups is 1. The summed E-state index contributed by atoms with van der Waals surface area (Å²) in [5.41, 5.74) is 2.97. The standard InChI is InChI=1S/C23H27ClN5O2S/c1-3-29(13-16-30-14-4-12-25)19-7-5-18(6-8-19)26-27-23-28(2)21-10-9-20(31-15-11-24)17-22(21)32-23/h5-10,17H,3-4,11,13-16H2,1-2H3/q+1. The maximum atomic E-state index is 8.57. The first-order valence-electron chi connectivity index (χ1n) is 10.5. The third-order valence-electron chi connectivity index (χ3n) is 4.84. The fourth-order valence-electron chi connectivity index (χ4n) is 3.15. The average Bonchev–Trinajstić information content (AvgIpc) is 3.14. The van der Waals surface area contributed by atoms with Crippen molar-refractivity contribution in [2.75, 3.05) is 43.7 Å². The Balaban J connectivity index is 1.65. The number of hydrogen-bond acceptors (Lipinski definition) is 7. The van der Waals surface area contributed by atoms with Crippen molar-refractivity contribution in [3.8, 4) is 11.8 Å². The van der Waals surface area contributed by atoms with Crippen LogP contribution in [0.15, 0.2) is 52.7 Å². The monoisotopic (exact) mass is 472 g/mol. The summed E-state index contributed by atoms with van der Waals surface area (Å²) in [5, 5.41) is 18.3. The zero-order valence-electron chi connectivity index (χ0n) is 18.3. The van der Waals surface area contributed by atoms with E-state index in [-0.39, 0.29) is 0 Å². The molecule has 3 rings (SSSR count). The highest BCUT2D eigenvalue weighted by molar-refractivity contribution is 7.21. The van der Waals surface area contributed by atoms with Crippen LogP contribution in [0, 0.1) is 11.3 Å². The number of nitriles is 1. The van der Waals surface area contributed by atoms with Crippen molar-refractivity contribution in [1.29, 1.82) is 5.26 Å². The van der Waals surface area contributed by atoms with E-state index in [0.717, 1.165) is 45.6 Å². The fraction of sp³-hybridized carbons (Fsp3) is 0.391. The average molecular weight is 473 g/mol. The molecule has 3 aromatic rings. The van der Waals surface area contributed by atoms with Crippen LogP contribution in [0.4, 0.5) is 16.5 Å². The van der Waals surface area contributed by atoms with Gasteiger partial charge in [0.1, 0.15) is 23.6 Å². The Labute approximate surface area is 197 Å². The first-order chi connectivity index (χ1) is 15.7. The third kappa shape index (κ3) is 6.39. The molecule has 1 aromatic heterocycles. The number of anilines is 1. The number of aromatic nitrogens is 1. The van der Waals surface area contributed by atoms with Crippen LogP contribution in [-0.4, -0.2) is 38.8 Å². The first kappa shape index (κ1) is 23.9. The van der Waals surface area contributed by atoms with Gasteiger partial charge in [0.25, 0.3) is 0 Å². The molecule has 0 aliphatic carbocycles. The number of halogens is 1. The Kier molecular flexibility index (Phi) is 9.23. The number of hydrogen-bond donors (Lipinski definition) is 0. The quantitative estimate of drug-likeness (QED) is 0.151. The Bertz CT molecular complexity index is 1080. The number of aryl methyl sites for hydroxylation is 1. The second-order valence-electron chi connectivity index (χ2n) is 6.93. The summed E-state index contributed by atoms with van der Waals surface area (Å²) in [5.74, 6) is 1.26. The highest BCUT2D eigenvalue weighted by Crippen LogP contribution is 2.30. The first-order valence-corrected chi connectivity index (χ1v) is 11.8. The molecule has 0 fully saturated rings. The van der Waals surface area contributed by atoms with Crippen molar-refractivity contribution >= 4 is 49.7 Å². The van der Waals surface area contributed by atoms with E-state index < -0.39 is 0 Å². The molecule has 1 heterocycles. The molecule has 0 radical (unpaired) electrons. The number of ether oxygens (including phenoxy) is 2. The number of rotatable bonds is 12. The van der Waals surface area contributed by atoms with Gasteiger partial charge >= 0.3 is 5.13 Å². The van der Waals surface area contributed by atoms with Crippen molar-refractivity contribution in [2.45, 2.75) is 13.3 Å². The van der Waals surface area contributed by atoms with E-state index in [9.17, 15) is 0 Å². The molecule has 0 saturated carbocycles. The van der Waals surface area contributed by atoms with Crippen LogP contribution in [0.25, 0.3) is 10.2 Å². The van der Waals surface area contributed by atoms with Crippen LogP contribution < -0.4 is 14.2 Å². The van der Waals surface area contributed by atoms with Crippen LogP contribution >= 0.6 is 22.9 Å². The van der Waals surface area contributed by atoms with E-state index in [1.54, 1.807) is 11.3 Å². The van der Waals surface area contributed by atoms with Gasteiger partial charge in [0, 0.05) is 24.8 Å². The Morgan fingerprint density at radius 3 is 2.66 bits per heavy atom. The summed E-state index contributed by atoms with van der Waals surface area (Å²) in [6.45, 7) is 5.31. The zero-order chi connectivity index (χ0) is 22.8. The summed E-state index contributed by atoms with van der Waals surface area (Å²) >= 11 is 7.27. The predicted molar refractivity (Wildman–Crippen MR) is 129 cm³/mol. The SMILES string of the molecule is CCN(CCOCCC#N)c1ccc(N=Nc2sc3cc(OCCCl)ccc3[n+]2C)cc1. The second-order valence-corrected chi connectivity index (χ2v) is 8.31. The molecule has 0 N–H and O–H groups in total. The molecule has 0 saturated heterocycles. The summed E-state index contributed by atoms with van der Waals surface area (Å²) in [6, 6.07) is 16.1. The van der Waals surface area contributed by atoms with Gasteiger partial charge in [0.05, 0.1) is 48.4 Å². The normalized spacial score (nSPS) is 11.2. The maximum absolute atomic E-state index is 8.57. The van der Waals surface area contributed by atoms with Gasteiger partial charge in [-0.1, -0.05) is 0 Å². The molecule has 0 unspecified atom stereocenters. The van der Waals surface area contributed by atoms with Crippen LogP contribution in [0.1, 0.15) is 13.3 Å². The van der Waals surface area contributed by atoms with Gasteiger partial charge < -0.3 is 14.4 Å². The topological polar surface area (TPSA) is 74.1 Å². The van der Waals surface area contributed by atoms with Crippen molar-refractivity contribution < 1.29 is 14.0 Å². The summed E-state index contributed by atoms with van der Waals surface area (Å²) < 4.78 is 14.2. The molecule has 168 valence electrons. The number of alkyl halides is 1. The van der Waals surface area contributed by atoms with E-state index in [1.165, 1.54) is 0 Å². The molecule has 7 nitrogen and oxygen atoms in total. The molecule has 9 heteroatoms. The Morgan fingerprint density at radius 2 is 1.94 bits per heavy atom. The highest BCUT2D eigenvalue weighted by Gasteiger charge is 2.17. The molecular formula is C23H27ClN5O2S+. The molecule has 32 heavy (non-hydrogen) atoms. The van der Waals surface area contributed by atoms with Crippen molar-refractivity contribution in [2.24, 2.45) is 17.3 Å². The smallest absolute Gasteiger partial charge is 0.409 e. The van der Waals surface area contributed by atoms with Crippen LogP contribution in [0.2, 0.25) is 0 Å². The molecule has 0 aliphatic rings. The minimum Gasteiger partial charge on any atom is -0.492 e. The number of thiazole rings is 1. The van der Waals surface area contributed by atoms with E-state index in [2.05, 4.69) is 28.1 Å². The maximum Gasteiger partial charge on any atom is 0.409 e. The molecule has 0 atom stereocenters. The number of likely N-dealkylation sites (N-methyl/N-ethyl adjacent to an activating group) is 1. The molecule has 0 spiro atoms. The lowest BCUT2D eigenvalue weighted by molar-refractivity contribution is -0.627. The van der Waals surface area contributed by atoms with E-state index in [0.29, 0.717) is 32.1 Å². The van der Waals surface area contributed by atoms with Gasteiger partial charge in [0.15, 0.2) is 0 Å². The van der Waals surface area contributed by atoms with Crippen molar-refractivity contribution in [3.05, 3.63) is 42.5 Å². The molecular weight excluding hydrogens is 446 g/mol. The molecule has 2 aromatic carbocycles. The zero-order valence-corrected chi connectivity index (χ0v) is 19.9. The summed E-state index contributed by atoms with van der Waals surface area (Å²) in [6.07, 6.45) is 0.423.